The first-order chi connectivity index (χ1) is 6.99. The van der Waals surface area contributed by atoms with E-state index >= 15 is 0 Å². The Bertz CT molecular complexity index is 160. The summed E-state index contributed by atoms with van der Waals surface area (Å²) in [5.74, 6) is 0. The Kier molecular flexibility index (Phi) is 7.34. The number of carbonyl (C=O) groups excluding carboxylic acids is 1. The molecule has 0 amide bonds. The van der Waals surface area contributed by atoms with E-state index in [1.54, 1.807) is 0 Å². The molecule has 0 aromatic heterocycles. The number of aliphatic hydroxyl groups is 1. The van der Waals surface area contributed by atoms with Gasteiger partial charge in [0.2, 0.25) is 0 Å². The normalized spacial score (nSPS) is 20.4. The predicted molar refractivity (Wildman–Crippen MR) is 59.6 cm³/mol. The van der Waals surface area contributed by atoms with E-state index in [-0.39, 0.29) is 5.60 Å². The highest BCUT2D eigenvalue weighted by molar-refractivity contribution is 5.37. The van der Waals surface area contributed by atoms with Crippen LogP contribution in [0.4, 0.5) is 0 Å². The van der Waals surface area contributed by atoms with Crippen molar-refractivity contribution in [2.75, 3.05) is 13.2 Å². The summed E-state index contributed by atoms with van der Waals surface area (Å²) < 4.78 is 4.55. The van der Waals surface area contributed by atoms with Crippen molar-refractivity contribution < 1.29 is 14.6 Å². The van der Waals surface area contributed by atoms with E-state index in [2.05, 4.69) is 10.1 Å². The van der Waals surface area contributed by atoms with Crippen molar-refractivity contribution >= 4 is 6.47 Å². The largest absolute Gasteiger partial charge is 0.462 e. The zero-order chi connectivity index (χ0) is 11.7. The Morgan fingerprint density at radius 2 is 2.20 bits per heavy atom. The van der Waals surface area contributed by atoms with Gasteiger partial charge < -0.3 is 15.2 Å². The fourth-order valence-corrected chi connectivity index (χ4v) is 1.30. The second-order valence-electron chi connectivity index (χ2n) is 4.63. The highest BCUT2D eigenvalue weighted by Gasteiger charge is 2.11. The maximum atomic E-state index is 9.60. The van der Waals surface area contributed by atoms with Crippen LogP contribution in [0.2, 0.25) is 0 Å². The second-order valence-corrected chi connectivity index (χ2v) is 4.63. The monoisotopic (exact) mass is 217 g/mol. The molecule has 0 radical (unpaired) electrons. The van der Waals surface area contributed by atoms with Crippen LogP contribution in [-0.2, 0) is 9.53 Å². The van der Waals surface area contributed by atoms with Crippen molar-refractivity contribution in [1.82, 2.24) is 5.32 Å². The van der Waals surface area contributed by atoms with Gasteiger partial charge in [-0.15, -0.1) is 0 Å². The Hall–Kier alpha value is -0.610. The lowest BCUT2D eigenvalue weighted by molar-refractivity contribution is -0.138. The number of hydrogen-bond acceptors (Lipinski definition) is 4. The molecule has 0 aromatic carbocycles. The van der Waals surface area contributed by atoms with Gasteiger partial charge in [0, 0.05) is 12.6 Å². The molecule has 0 saturated carbocycles. The quantitative estimate of drug-likeness (QED) is 0.694. The van der Waals surface area contributed by atoms with Crippen LogP contribution in [0.3, 0.4) is 0 Å². The predicted octanol–water partition coefficient (Wildman–Crippen LogP) is 1.08. The molecule has 0 aromatic rings. The molecule has 2 N–H and O–H groups in total. The summed E-state index contributed by atoms with van der Waals surface area (Å²) in [6, 6.07) is 0.611. The number of aliphatic hydroxyl groups excluding tert-OH is 1. The lowest BCUT2D eigenvalue weighted by atomic mass is 10.2. The van der Waals surface area contributed by atoms with Gasteiger partial charge in [-0.1, -0.05) is 0 Å². The Labute approximate surface area is 92.0 Å². The fourth-order valence-electron chi connectivity index (χ4n) is 1.30. The Morgan fingerprint density at radius 3 is 2.47 bits per heavy atom. The standard InChI is InChI=1S/C6H13NO.C5H10O2/c8-5-3-6-2-1-4-7-6;1-5(2,3)7-4-6/h6-8H,1-5H2;4H,1-3H3/t6-;/m0./s1. The average molecular weight is 217 g/mol. The number of ether oxygens (including phenoxy) is 1. The minimum Gasteiger partial charge on any atom is -0.462 e. The maximum absolute atomic E-state index is 9.60. The maximum Gasteiger partial charge on any atom is 0.293 e. The summed E-state index contributed by atoms with van der Waals surface area (Å²) in [6.45, 7) is 7.40. The first-order valence-electron chi connectivity index (χ1n) is 5.45. The second kappa shape index (κ2) is 7.65. The van der Waals surface area contributed by atoms with E-state index < -0.39 is 0 Å². The van der Waals surface area contributed by atoms with E-state index in [1.165, 1.54) is 12.8 Å². The molecule has 0 spiro atoms. The minimum atomic E-state index is -0.318. The van der Waals surface area contributed by atoms with Crippen molar-refractivity contribution in [3.63, 3.8) is 0 Å². The summed E-state index contributed by atoms with van der Waals surface area (Å²) in [4.78, 5) is 9.60. The zero-order valence-electron chi connectivity index (χ0n) is 9.95. The third kappa shape index (κ3) is 9.69. The van der Waals surface area contributed by atoms with E-state index in [1.807, 2.05) is 20.8 Å². The molecular formula is C11H23NO3. The Balaban J connectivity index is 0.000000265. The van der Waals surface area contributed by atoms with Gasteiger partial charge in [0.15, 0.2) is 0 Å². The van der Waals surface area contributed by atoms with Gasteiger partial charge in [-0.2, -0.15) is 0 Å². The molecular weight excluding hydrogens is 194 g/mol. The van der Waals surface area contributed by atoms with E-state index in [4.69, 9.17) is 5.11 Å². The number of hydrogen-bond donors (Lipinski definition) is 2. The first kappa shape index (κ1) is 14.4. The third-order valence-corrected chi connectivity index (χ3v) is 2.04. The van der Waals surface area contributed by atoms with Gasteiger partial charge in [0.25, 0.3) is 6.47 Å². The molecule has 15 heavy (non-hydrogen) atoms. The van der Waals surface area contributed by atoms with Gasteiger partial charge in [0.05, 0.1) is 0 Å². The van der Waals surface area contributed by atoms with Gasteiger partial charge >= 0.3 is 0 Å². The minimum absolute atomic E-state index is 0.318. The summed E-state index contributed by atoms with van der Waals surface area (Å²) in [5, 5.41) is 11.8. The molecule has 4 heteroatoms. The van der Waals surface area contributed by atoms with Crippen LogP contribution >= 0.6 is 0 Å². The Morgan fingerprint density at radius 1 is 1.53 bits per heavy atom. The van der Waals surface area contributed by atoms with Crippen molar-refractivity contribution in [1.29, 1.82) is 0 Å². The van der Waals surface area contributed by atoms with Gasteiger partial charge in [0.1, 0.15) is 5.60 Å². The molecule has 0 unspecified atom stereocenters. The van der Waals surface area contributed by atoms with Crippen LogP contribution in [0.25, 0.3) is 0 Å². The summed E-state index contributed by atoms with van der Waals surface area (Å²) in [6.07, 6.45) is 3.46. The molecule has 1 heterocycles. The molecule has 1 aliphatic rings. The molecule has 0 bridgehead atoms. The van der Waals surface area contributed by atoms with E-state index in [9.17, 15) is 4.79 Å². The van der Waals surface area contributed by atoms with Crippen molar-refractivity contribution in [2.45, 2.75) is 51.7 Å². The van der Waals surface area contributed by atoms with Gasteiger partial charge in [-0.25, -0.2) is 0 Å². The van der Waals surface area contributed by atoms with E-state index in [0.29, 0.717) is 19.1 Å². The highest BCUT2D eigenvalue weighted by Crippen LogP contribution is 2.06. The van der Waals surface area contributed by atoms with Gasteiger partial charge in [-0.05, 0) is 46.6 Å². The lowest BCUT2D eigenvalue weighted by Crippen LogP contribution is -2.21. The van der Waals surface area contributed by atoms with Crippen molar-refractivity contribution in [3.8, 4) is 0 Å². The van der Waals surface area contributed by atoms with E-state index in [0.717, 1.165) is 13.0 Å². The molecule has 90 valence electrons. The van der Waals surface area contributed by atoms with Crippen LogP contribution in [-0.4, -0.2) is 36.4 Å². The summed E-state index contributed by atoms with van der Waals surface area (Å²) >= 11 is 0. The number of nitrogens with one attached hydrogen (secondary N) is 1. The van der Waals surface area contributed by atoms with Crippen LogP contribution in [0.1, 0.15) is 40.0 Å². The first-order valence-corrected chi connectivity index (χ1v) is 5.45. The SMILES string of the molecule is CC(C)(C)OC=O.OCC[C@@H]1CCCN1. The van der Waals surface area contributed by atoms with Crippen LogP contribution < -0.4 is 5.32 Å². The molecule has 0 aliphatic carbocycles. The summed E-state index contributed by atoms with van der Waals surface area (Å²) in [7, 11) is 0. The highest BCUT2D eigenvalue weighted by atomic mass is 16.5. The zero-order valence-corrected chi connectivity index (χ0v) is 9.95. The number of carbonyl (C=O) groups is 1. The molecule has 1 aliphatic heterocycles. The lowest BCUT2D eigenvalue weighted by Gasteiger charge is -2.14. The van der Waals surface area contributed by atoms with Crippen LogP contribution in [0, 0.1) is 0 Å². The fraction of sp³-hybridized carbons (Fsp3) is 0.909. The van der Waals surface area contributed by atoms with Crippen molar-refractivity contribution in [3.05, 3.63) is 0 Å². The molecule has 1 atom stereocenters. The molecule has 1 saturated heterocycles. The third-order valence-electron chi connectivity index (χ3n) is 2.04. The molecule has 4 nitrogen and oxygen atoms in total. The number of rotatable bonds is 3. The average Bonchev–Trinajstić information content (AvgIpc) is 2.56. The van der Waals surface area contributed by atoms with Crippen LogP contribution in [0.15, 0.2) is 0 Å². The van der Waals surface area contributed by atoms with Crippen LogP contribution in [0.5, 0.6) is 0 Å². The van der Waals surface area contributed by atoms with Crippen molar-refractivity contribution in [2.24, 2.45) is 0 Å². The molecule has 1 fully saturated rings. The smallest absolute Gasteiger partial charge is 0.293 e. The molecule has 1 rings (SSSR count). The summed E-state index contributed by atoms with van der Waals surface area (Å²) in [5.41, 5.74) is -0.318. The van der Waals surface area contributed by atoms with Gasteiger partial charge in [-0.3, -0.25) is 4.79 Å². The topological polar surface area (TPSA) is 58.6 Å².